The van der Waals surface area contributed by atoms with E-state index in [1.807, 2.05) is 0 Å². The first-order valence-electron chi connectivity index (χ1n) is 6.03. The Morgan fingerprint density at radius 3 is 1.87 bits per heavy atom. The van der Waals surface area contributed by atoms with Gasteiger partial charge in [-0.15, -0.1) is 0 Å². The second kappa shape index (κ2) is 4.90. The summed E-state index contributed by atoms with van der Waals surface area (Å²) in [5.74, 6) is 2.13. The topological polar surface area (TPSA) is 0 Å². The molecule has 0 amide bonds. The standard InChI is InChI=1S/C14H23.La/c1-9(2)12-7-8-13(10(3)4)14(12)11(5)6;/h7-11H,1-6H3;. The van der Waals surface area contributed by atoms with Gasteiger partial charge in [-0.3, -0.25) is 0 Å². The van der Waals surface area contributed by atoms with Crippen molar-refractivity contribution in [3.63, 3.8) is 0 Å². The maximum atomic E-state index is 2.49. The summed E-state index contributed by atoms with van der Waals surface area (Å²) in [7, 11) is 0. The van der Waals surface area contributed by atoms with Crippen LogP contribution in [0.15, 0.2) is 23.3 Å². The van der Waals surface area contributed by atoms with Crippen LogP contribution in [0.4, 0.5) is 0 Å². The first kappa shape index (κ1) is 13.7. The Morgan fingerprint density at radius 2 is 1.53 bits per heavy atom. The van der Waals surface area contributed by atoms with Gasteiger partial charge in [0.2, 0.25) is 0 Å². The molecule has 0 bridgehead atoms. The zero-order valence-electron chi connectivity index (χ0n) is 11.0. The molecule has 0 nitrogen and oxygen atoms in total. The second-order valence-corrected chi connectivity index (χ2v) is 8.60. The van der Waals surface area contributed by atoms with E-state index in [1.165, 1.54) is 0 Å². The van der Waals surface area contributed by atoms with Gasteiger partial charge >= 0.3 is 118 Å². The molecule has 0 heterocycles. The predicted octanol–water partition coefficient (Wildman–Crippen LogP) is 4.53. The fourth-order valence-electron chi connectivity index (χ4n) is 2.50. The van der Waals surface area contributed by atoms with Crippen LogP contribution in [-0.4, -0.2) is 0 Å². The van der Waals surface area contributed by atoms with Gasteiger partial charge < -0.3 is 0 Å². The molecule has 0 saturated heterocycles. The Labute approximate surface area is 117 Å². The fraction of sp³-hybridized carbons (Fsp3) is 0.714. The normalized spacial score (nSPS) is 26.4. The number of rotatable bonds is 3. The Hall–Kier alpha value is 0.675. The van der Waals surface area contributed by atoms with Crippen molar-refractivity contribution in [3.05, 3.63) is 23.3 Å². The summed E-state index contributed by atoms with van der Waals surface area (Å²) in [6, 6.07) is 0. The molecule has 1 rings (SSSR count). The molecule has 1 aliphatic rings. The third kappa shape index (κ3) is 2.51. The van der Waals surface area contributed by atoms with Crippen LogP contribution in [0.3, 0.4) is 0 Å². The van der Waals surface area contributed by atoms with Crippen LogP contribution in [0.25, 0.3) is 0 Å². The molecule has 0 aromatic carbocycles. The van der Waals surface area contributed by atoms with Crippen molar-refractivity contribution in [2.75, 3.05) is 0 Å². The van der Waals surface area contributed by atoms with E-state index in [-0.39, 0.29) is 0 Å². The monoisotopic (exact) mass is 330 g/mol. The molecular formula is C14H23La. The van der Waals surface area contributed by atoms with Gasteiger partial charge in [0.15, 0.2) is 0 Å². The Kier molecular flexibility index (Phi) is 4.48. The molecule has 0 aromatic rings. The van der Waals surface area contributed by atoms with Crippen molar-refractivity contribution in [2.24, 2.45) is 17.8 Å². The second-order valence-electron chi connectivity index (χ2n) is 5.60. The number of allylic oxidation sites excluding steroid dienone is 4. The molecular weight excluding hydrogens is 307 g/mol. The van der Waals surface area contributed by atoms with Crippen LogP contribution in [0, 0.1) is 51.5 Å². The van der Waals surface area contributed by atoms with E-state index in [9.17, 15) is 0 Å². The van der Waals surface area contributed by atoms with Gasteiger partial charge in [0, 0.05) is 0 Å². The van der Waals surface area contributed by atoms with Crippen LogP contribution in [-0.2, 0) is 0 Å². The first-order valence-corrected chi connectivity index (χ1v) is 7.84. The summed E-state index contributed by atoms with van der Waals surface area (Å²) in [5, 5.41) is 0. The van der Waals surface area contributed by atoms with Gasteiger partial charge in [-0.1, -0.05) is 0 Å². The number of hydrogen-bond acceptors (Lipinski definition) is 0. The van der Waals surface area contributed by atoms with Crippen molar-refractivity contribution < 1.29 is 33.7 Å². The molecule has 1 aliphatic carbocycles. The number of hydrogen-bond donors (Lipinski definition) is 0. The van der Waals surface area contributed by atoms with Crippen molar-refractivity contribution in [1.82, 2.24) is 0 Å². The van der Waals surface area contributed by atoms with E-state index in [4.69, 9.17) is 0 Å². The summed E-state index contributed by atoms with van der Waals surface area (Å²) in [6.07, 6.45) is 4.90. The zero-order valence-corrected chi connectivity index (χ0v) is 14.6. The van der Waals surface area contributed by atoms with Crippen molar-refractivity contribution in [3.8, 4) is 0 Å². The Balaban J connectivity index is 3.22. The van der Waals surface area contributed by atoms with Gasteiger partial charge in [0.05, 0.1) is 0 Å². The molecule has 1 atom stereocenters. The molecule has 1 heteroatoms. The molecule has 0 spiro atoms. The van der Waals surface area contributed by atoms with Crippen LogP contribution in [0.1, 0.15) is 41.5 Å². The third-order valence-electron chi connectivity index (χ3n) is 3.47. The SMILES string of the molecule is CC(C)C1=C(C(C)C)[C]([La])(C(C)C)C=C1. The molecule has 0 fully saturated rings. The summed E-state index contributed by atoms with van der Waals surface area (Å²) in [6.45, 7) is 14.1. The van der Waals surface area contributed by atoms with Crippen LogP contribution in [0.2, 0.25) is 1.82 Å². The molecule has 0 saturated carbocycles. The van der Waals surface area contributed by atoms with Gasteiger partial charge in [0.25, 0.3) is 0 Å². The average Bonchev–Trinajstić information content (AvgIpc) is 2.44. The zero-order chi connectivity index (χ0) is 11.8. The quantitative estimate of drug-likeness (QED) is 0.713. The summed E-state index contributed by atoms with van der Waals surface area (Å²) < 4.78 is 0.452. The fourth-order valence-corrected chi connectivity index (χ4v) is 4.37. The maximum absolute atomic E-state index is 2.49. The molecule has 1 unspecified atom stereocenters. The predicted molar refractivity (Wildman–Crippen MR) is 63.4 cm³/mol. The van der Waals surface area contributed by atoms with Crippen LogP contribution >= 0.6 is 0 Å². The average molecular weight is 330 g/mol. The summed E-state index contributed by atoms with van der Waals surface area (Å²) in [4.78, 5) is 0. The van der Waals surface area contributed by atoms with Crippen LogP contribution in [0.5, 0.6) is 0 Å². The summed E-state index contributed by atoms with van der Waals surface area (Å²) in [5.41, 5.74) is 3.35. The molecule has 0 aliphatic heterocycles. The molecule has 0 N–H and O–H groups in total. The van der Waals surface area contributed by atoms with Gasteiger partial charge in [-0.2, -0.15) is 0 Å². The van der Waals surface area contributed by atoms with Gasteiger partial charge in [-0.05, 0) is 0 Å². The van der Waals surface area contributed by atoms with Gasteiger partial charge in [-0.25, -0.2) is 0 Å². The summed E-state index contributed by atoms with van der Waals surface area (Å²) >= 11 is 1.01. The minimum atomic E-state index is 0.452. The van der Waals surface area contributed by atoms with E-state index >= 15 is 0 Å². The first-order chi connectivity index (χ1) is 6.80. The Morgan fingerprint density at radius 1 is 1.00 bits per heavy atom. The molecule has 82 valence electrons. The minimum absolute atomic E-state index is 0.452. The van der Waals surface area contributed by atoms with Crippen LogP contribution < -0.4 is 0 Å². The van der Waals surface area contributed by atoms with E-state index in [0.29, 0.717) is 13.7 Å². The molecule has 0 aromatic heterocycles. The van der Waals surface area contributed by atoms with E-state index in [1.54, 1.807) is 11.1 Å². The van der Waals surface area contributed by atoms with Gasteiger partial charge in [0.1, 0.15) is 0 Å². The third-order valence-corrected chi connectivity index (χ3v) is 7.15. The Bertz CT molecular complexity index is 294. The molecule has 15 heavy (non-hydrogen) atoms. The van der Waals surface area contributed by atoms with E-state index < -0.39 is 0 Å². The van der Waals surface area contributed by atoms with Crippen molar-refractivity contribution in [2.45, 2.75) is 43.4 Å². The van der Waals surface area contributed by atoms with E-state index in [2.05, 4.69) is 53.7 Å². The van der Waals surface area contributed by atoms with E-state index in [0.717, 1.165) is 39.6 Å². The molecule has 0 radical (unpaired) electrons. The van der Waals surface area contributed by atoms with Crippen molar-refractivity contribution >= 4 is 0 Å². The van der Waals surface area contributed by atoms with Crippen molar-refractivity contribution in [1.29, 1.82) is 0 Å².